The fraction of sp³-hybridized carbons (Fsp3) is 0.391. The summed E-state index contributed by atoms with van der Waals surface area (Å²) in [6.07, 6.45) is 2.92. The van der Waals surface area contributed by atoms with Crippen LogP contribution in [0.4, 0.5) is 10.5 Å². The molecule has 4 rings (SSSR count). The Morgan fingerprint density at radius 3 is 2.69 bits per heavy atom. The molecule has 0 unspecified atom stereocenters. The minimum absolute atomic E-state index is 0.00158. The zero-order valence-corrected chi connectivity index (χ0v) is 17.4. The number of rotatable bonds is 4. The summed E-state index contributed by atoms with van der Waals surface area (Å²) < 4.78 is 0. The molecule has 152 valence electrons. The Labute approximate surface area is 171 Å². The summed E-state index contributed by atoms with van der Waals surface area (Å²) in [6.45, 7) is 5.71. The maximum atomic E-state index is 12.7. The third-order valence-corrected chi connectivity index (χ3v) is 5.94. The number of fused-ring (bicyclic) bond motifs is 1. The molecule has 1 saturated heterocycles. The molecule has 1 aromatic heterocycles. The average Bonchev–Trinajstić information content (AvgIpc) is 3.09. The number of aromatic nitrogens is 2. The Balaban J connectivity index is 1.40. The van der Waals surface area contributed by atoms with Crippen molar-refractivity contribution in [3.05, 3.63) is 59.3 Å². The zero-order valence-electron chi connectivity index (χ0n) is 17.4. The molecule has 0 radical (unpaired) electrons. The molecule has 6 heteroatoms. The summed E-state index contributed by atoms with van der Waals surface area (Å²) >= 11 is 0. The highest BCUT2D eigenvalue weighted by molar-refractivity contribution is 5.89. The monoisotopic (exact) mass is 391 g/mol. The summed E-state index contributed by atoms with van der Waals surface area (Å²) in [7, 11) is 1.87. The van der Waals surface area contributed by atoms with Gasteiger partial charge in [0.1, 0.15) is 0 Å². The second kappa shape index (κ2) is 8.15. The molecule has 2 aromatic carbocycles. The normalized spacial score (nSPS) is 14.9. The van der Waals surface area contributed by atoms with Crippen LogP contribution in [-0.2, 0) is 6.42 Å². The number of hydrogen-bond acceptors (Lipinski definition) is 3. The Bertz CT molecular complexity index is 1020. The summed E-state index contributed by atoms with van der Waals surface area (Å²) in [5.74, 6) is 0.476. The van der Waals surface area contributed by atoms with Gasteiger partial charge in [-0.25, -0.2) is 4.79 Å². The molecule has 2 heterocycles. The highest BCUT2D eigenvalue weighted by Gasteiger charge is 2.24. The highest BCUT2D eigenvalue weighted by atomic mass is 16.2. The van der Waals surface area contributed by atoms with E-state index < -0.39 is 0 Å². The maximum Gasteiger partial charge on any atom is 0.321 e. The van der Waals surface area contributed by atoms with Gasteiger partial charge in [-0.3, -0.25) is 0 Å². The maximum absolute atomic E-state index is 12.7. The van der Waals surface area contributed by atoms with Gasteiger partial charge in [0.15, 0.2) is 0 Å². The van der Waals surface area contributed by atoms with Crippen LogP contribution in [0.2, 0.25) is 0 Å². The van der Waals surface area contributed by atoms with Crippen molar-refractivity contribution in [2.75, 3.05) is 30.9 Å². The van der Waals surface area contributed by atoms with Crippen LogP contribution in [0.15, 0.2) is 42.5 Å². The lowest BCUT2D eigenvalue weighted by molar-refractivity contribution is 0.194. The smallest absolute Gasteiger partial charge is 0.321 e. The molecule has 0 saturated carbocycles. The van der Waals surface area contributed by atoms with Crippen LogP contribution < -0.4 is 10.7 Å². The minimum atomic E-state index is -0.00158. The number of piperidine rings is 1. The van der Waals surface area contributed by atoms with Crippen molar-refractivity contribution in [2.24, 2.45) is 0 Å². The van der Waals surface area contributed by atoms with Gasteiger partial charge in [0.2, 0.25) is 0 Å². The van der Waals surface area contributed by atoms with E-state index in [0.717, 1.165) is 49.2 Å². The van der Waals surface area contributed by atoms with Crippen molar-refractivity contribution < 1.29 is 4.79 Å². The van der Waals surface area contributed by atoms with Crippen LogP contribution in [0.5, 0.6) is 0 Å². The van der Waals surface area contributed by atoms with Crippen LogP contribution in [0, 0.1) is 6.92 Å². The summed E-state index contributed by atoms with van der Waals surface area (Å²) in [5.41, 5.74) is 8.66. The van der Waals surface area contributed by atoms with E-state index in [4.69, 9.17) is 0 Å². The van der Waals surface area contributed by atoms with E-state index in [2.05, 4.69) is 47.0 Å². The van der Waals surface area contributed by atoms with Gasteiger partial charge in [0.05, 0.1) is 11.2 Å². The lowest BCUT2D eigenvalue weighted by atomic mass is 9.89. The standard InChI is InChI=1S/C23H29N5O/c1-4-17-6-5-7-20(14-17)25-23(29)27-12-10-18(11-13-27)19-8-9-22-21(15-19)16(2)26-28(22)24-3/h5-9,14-15,18,24H,4,10-13H2,1-3H3,(H,25,29). The first-order valence-corrected chi connectivity index (χ1v) is 10.4. The molecule has 0 spiro atoms. The molecule has 2 N–H and O–H groups in total. The van der Waals surface area contributed by atoms with Gasteiger partial charge in [0, 0.05) is 31.2 Å². The van der Waals surface area contributed by atoms with Crippen molar-refractivity contribution in [3.63, 3.8) is 0 Å². The van der Waals surface area contributed by atoms with Crippen molar-refractivity contribution in [1.82, 2.24) is 14.8 Å². The van der Waals surface area contributed by atoms with Gasteiger partial charge in [-0.05, 0) is 67.5 Å². The van der Waals surface area contributed by atoms with E-state index in [1.165, 1.54) is 16.5 Å². The Kier molecular flexibility index (Phi) is 5.43. The predicted molar refractivity (Wildman–Crippen MR) is 118 cm³/mol. The molecule has 1 aliphatic heterocycles. The molecule has 0 atom stereocenters. The molecule has 1 fully saturated rings. The molecule has 1 aliphatic rings. The molecule has 29 heavy (non-hydrogen) atoms. The number of nitrogens with zero attached hydrogens (tertiary/aromatic N) is 3. The van der Waals surface area contributed by atoms with E-state index >= 15 is 0 Å². The van der Waals surface area contributed by atoms with Crippen LogP contribution >= 0.6 is 0 Å². The molecule has 0 bridgehead atoms. The first-order chi connectivity index (χ1) is 14.1. The van der Waals surface area contributed by atoms with Gasteiger partial charge in [0.25, 0.3) is 0 Å². The second-order valence-electron chi connectivity index (χ2n) is 7.74. The first kappa shape index (κ1) is 19.3. The quantitative estimate of drug-likeness (QED) is 0.689. The molecule has 6 nitrogen and oxygen atoms in total. The summed E-state index contributed by atoms with van der Waals surface area (Å²) in [6, 6.07) is 14.7. The lowest BCUT2D eigenvalue weighted by Gasteiger charge is -2.32. The lowest BCUT2D eigenvalue weighted by Crippen LogP contribution is -2.40. The third kappa shape index (κ3) is 3.92. The molecule has 2 amide bonds. The van der Waals surface area contributed by atoms with Crippen molar-refractivity contribution in [3.8, 4) is 0 Å². The van der Waals surface area contributed by atoms with Crippen molar-refractivity contribution >= 4 is 22.6 Å². The Morgan fingerprint density at radius 2 is 1.97 bits per heavy atom. The van der Waals surface area contributed by atoms with Gasteiger partial charge in [-0.1, -0.05) is 25.1 Å². The van der Waals surface area contributed by atoms with Gasteiger partial charge in [-0.15, -0.1) is 0 Å². The fourth-order valence-corrected chi connectivity index (χ4v) is 4.20. The van der Waals surface area contributed by atoms with Crippen molar-refractivity contribution in [1.29, 1.82) is 0 Å². The minimum Gasteiger partial charge on any atom is -0.324 e. The fourth-order valence-electron chi connectivity index (χ4n) is 4.20. The van der Waals surface area contributed by atoms with E-state index in [0.29, 0.717) is 5.92 Å². The molecule has 0 aliphatic carbocycles. The van der Waals surface area contributed by atoms with Crippen molar-refractivity contribution in [2.45, 2.75) is 39.0 Å². The molecule has 3 aromatic rings. The predicted octanol–water partition coefficient (Wildman–Crippen LogP) is 4.49. The largest absolute Gasteiger partial charge is 0.324 e. The third-order valence-electron chi connectivity index (χ3n) is 5.94. The number of carbonyl (C=O) groups is 1. The number of hydrogen-bond donors (Lipinski definition) is 2. The SMILES string of the molecule is CCc1cccc(NC(=O)N2CCC(c3ccc4c(c3)c(C)nn4NC)CC2)c1. The number of anilines is 1. The van der Waals surface area contributed by atoms with E-state index in [-0.39, 0.29) is 6.03 Å². The Morgan fingerprint density at radius 1 is 1.17 bits per heavy atom. The van der Waals surface area contributed by atoms with E-state index in [1.807, 2.05) is 41.9 Å². The van der Waals surface area contributed by atoms with Gasteiger partial charge in [-0.2, -0.15) is 9.89 Å². The van der Waals surface area contributed by atoms with Crippen LogP contribution in [-0.4, -0.2) is 41.0 Å². The highest BCUT2D eigenvalue weighted by Crippen LogP contribution is 2.31. The van der Waals surface area contributed by atoms with Crippen LogP contribution in [0.1, 0.15) is 42.5 Å². The second-order valence-corrected chi connectivity index (χ2v) is 7.74. The van der Waals surface area contributed by atoms with Crippen LogP contribution in [0.25, 0.3) is 10.9 Å². The Hall–Kier alpha value is -3.02. The zero-order chi connectivity index (χ0) is 20.4. The van der Waals surface area contributed by atoms with E-state index in [9.17, 15) is 4.79 Å². The number of urea groups is 1. The van der Waals surface area contributed by atoms with Gasteiger partial charge >= 0.3 is 6.03 Å². The van der Waals surface area contributed by atoms with E-state index in [1.54, 1.807) is 0 Å². The number of nitrogens with one attached hydrogen (secondary N) is 2. The topological polar surface area (TPSA) is 62.2 Å². The summed E-state index contributed by atoms with van der Waals surface area (Å²) in [5, 5.41) is 8.76. The first-order valence-electron chi connectivity index (χ1n) is 10.4. The van der Waals surface area contributed by atoms with Gasteiger partial charge < -0.3 is 15.6 Å². The average molecular weight is 392 g/mol. The molecular weight excluding hydrogens is 362 g/mol. The summed E-state index contributed by atoms with van der Waals surface area (Å²) in [4.78, 5) is 16.4. The number of aryl methyl sites for hydroxylation is 2. The number of benzene rings is 2. The number of carbonyl (C=O) groups excluding carboxylic acids is 1. The number of amides is 2. The molecular formula is C23H29N5O. The number of likely N-dealkylation sites (tertiary alicyclic amines) is 1. The van der Waals surface area contributed by atoms with Crippen LogP contribution in [0.3, 0.4) is 0 Å².